The molecular formula is C29H39N7O3. The number of carbonyl (C=O) groups is 3. The predicted octanol–water partition coefficient (Wildman–Crippen LogP) is 2.79. The van der Waals surface area contributed by atoms with Gasteiger partial charge < -0.3 is 24.9 Å². The fourth-order valence-corrected chi connectivity index (χ4v) is 5.85. The minimum absolute atomic E-state index is 0.0116. The van der Waals surface area contributed by atoms with E-state index < -0.39 is 0 Å². The molecule has 5 rings (SSSR count). The Balaban J connectivity index is 1.24. The smallest absolute Gasteiger partial charge is 0.254 e. The number of likely N-dealkylation sites (N-methyl/N-ethyl adjacent to an activating group) is 1. The van der Waals surface area contributed by atoms with Gasteiger partial charge in [-0.1, -0.05) is 6.07 Å². The highest BCUT2D eigenvalue weighted by atomic mass is 16.2. The first-order valence-corrected chi connectivity index (χ1v) is 14.0. The van der Waals surface area contributed by atoms with Crippen molar-refractivity contribution in [3.63, 3.8) is 0 Å². The van der Waals surface area contributed by atoms with Gasteiger partial charge in [-0.25, -0.2) is 4.98 Å². The van der Waals surface area contributed by atoms with Crippen LogP contribution in [0.3, 0.4) is 0 Å². The summed E-state index contributed by atoms with van der Waals surface area (Å²) in [6.07, 6.45) is 3.91. The van der Waals surface area contributed by atoms with E-state index >= 15 is 0 Å². The van der Waals surface area contributed by atoms with Crippen LogP contribution in [0.1, 0.15) is 44.0 Å². The maximum absolute atomic E-state index is 13.3. The third kappa shape index (κ3) is 5.56. The maximum atomic E-state index is 13.3. The van der Waals surface area contributed by atoms with Crippen LogP contribution >= 0.6 is 0 Å². The molecule has 1 aromatic heterocycles. The molecule has 4 heterocycles. The second-order valence-electron chi connectivity index (χ2n) is 11.0. The van der Waals surface area contributed by atoms with Gasteiger partial charge in [0.05, 0.1) is 24.1 Å². The lowest BCUT2D eigenvalue weighted by Crippen LogP contribution is -2.53. The van der Waals surface area contributed by atoms with Gasteiger partial charge in [0.1, 0.15) is 11.9 Å². The summed E-state index contributed by atoms with van der Waals surface area (Å²) in [7, 11) is 1.78. The Morgan fingerprint density at radius 2 is 1.72 bits per heavy atom. The summed E-state index contributed by atoms with van der Waals surface area (Å²) in [6.45, 7) is 10.9. The number of pyridine rings is 1. The largest absolute Gasteiger partial charge is 0.355 e. The summed E-state index contributed by atoms with van der Waals surface area (Å²) in [5.74, 6) is 0.882. The van der Waals surface area contributed by atoms with Crippen molar-refractivity contribution in [2.45, 2.75) is 45.7 Å². The number of carbonyl (C=O) groups excluding carboxylic acids is 3. The molecule has 1 unspecified atom stereocenters. The highest BCUT2D eigenvalue weighted by Crippen LogP contribution is 2.38. The number of aromatic nitrogens is 1. The van der Waals surface area contributed by atoms with Crippen molar-refractivity contribution >= 4 is 40.6 Å². The van der Waals surface area contributed by atoms with E-state index in [4.69, 9.17) is 0 Å². The Morgan fingerprint density at radius 1 is 1.00 bits per heavy atom. The van der Waals surface area contributed by atoms with Crippen molar-refractivity contribution in [2.24, 2.45) is 0 Å². The van der Waals surface area contributed by atoms with E-state index in [9.17, 15) is 14.4 Å². The number of anilines is 4. The molecule has 3 aliphatic rings. The summed E-state index contributed by atoms with van der Waals surface area (Å²) in [4.78, 5) is 52.8. The molecule has 2 aromatic rings. The Labute approximate surface area is 230 Å². The van der Waals surface area contributed by atoms with E-state index in [2.05, 4.69) is 33.9 Å². The Morgan fingerprint density at radius 3 is 2.41 bits per heavy atom. The fraction of sp³-hybridized carbons (Fsp3) is 0.517. The van der Waals surface area contributed by atoms with Gasteiger partial charge in [-0.2, -0.15) is 0 Å². The molecular weight excluding hydrogens is 494 g/mol. The molecule has 0 saturated carbocycles. The number of rotatable bonds is 6. The molecule has 10 nitrogen and oxygen atoms in total. The zero-order valence-corrected chi connectivity index (χ0v) is 23.4. The van der Waals surface area contributed by atoms with Crippen LogP contribution in [-0.4, -0.2) is 102 Å². The maximum Gasteiger partial charge on any atom is 0.254 e. The second kappa shape index (κ2) is 11.2. The molecule has 2 saturated heterocycles. The molecule has 3 aliphatic heterocycles. The standard InChI is InChI=1S/C29H39N7O3/c1-20(2)36-21(3)28(38)32(4)25-18-30-26(17-24(25)36)31-23-9-7-8-22(16-23)29(39)35-14-12-33(13-15-35)19-27(37)34-10-5-6-11-34/h7-9,16-18,20-21H,5-6,10-15,19H2,1-4H3,(H,30,31). The lowest BCUT2D eigenvalue weighted by atomic mass is 10.1. The van der Waals surface area contributed by atoms with Crippen molar-refractivity contribution in [1.29, 1.82) is 0 Å². The van der Waals surface area contributed by atoms with Crippen LogP contribution in [0.15, 0.2) is 36.5 Å². The zero-order valence-electron chi connectivity index (χ0n) is 23.4. The number of hydrogen-bond acceptors (Lipinski definition) is 7. The van der Waals surface area contributed by atoms with Gasteiger partial charge in [0.2, 0.25) is 11.8 Å². The van der Waals surface area contributed by atoms with E-state index in [0.29, 0.717) is 44.1 Å². The summed E-state index contributed by atoms with van der Waals surface area (Å²) in [5, 5.41) is 3.35. The lowest BCUT2D eigenvalue weighted by Gasteiger charge is -2.42. The third-order valence-electron chi connectivity index (χ3n) is 8.02. The van der Waals surface area contributed by atoms with Crippen molar-refractivity contribution in [1.82, 2.24) is 19.7 Å². The molecule has 3 amide bonds. The van der Waals surface area contributed by atoms with Crippen LogP contribution in [0, 0.1) is 0 Å². The van der Waals surface area contributed by atoms with Gasteiger partial charge >= 0.3 is 0 Å². The van der Waals surface area contributed by atoms with Crippen molar-refractivity contribution in [3.05, 3.63) is 42.1 Å². The molecule has 0 radical (unpaired) electrons. The quantitative estimate of drug-likeness (QED) is 0.611. The normalized spacial score (nSPS) is 20.0. The number of amides is 3. The predicted molar refractivity (Wildman–Crippen MR) is 153 cm³/mol. The fourth-order valence-electron chi connectivity index (χ4n) is 5.85. The number of likely N-dealkylation sites (tertiary alicyclic amines) is 1. The molecule has 1 atom stereocenters. The van der Waals surface area contributed by atoms with E-state index in [1.54, 1.807) is 18.1 Å². The third-order valence-corrected chi connectivity index (χ3v) is 8.02. The number of nitrogens with zero attached hydrogens (tertiary/aromatic N) is 6. The van der Waals surface area contributed by atoms with E-state index in [-0.39, 0.29) is 29.8 Å². The van der Waals surface area contributed by atoms with Crippen molar-refractivity contribution in [2.75, 3.05) is 68.0 Å². The summed E-state index contributed by atoms with van der Waals surface area (Å²) in [5.41, 5.74) is 3.11. The number of nitrogens with one attached hydrogen (secondary N) is 1. The van der Waals surface area contributed by atoms with Gasteiger partial charge in [-0.15, -0.1) is 0 Å². The topological polar surface area (TPSA) is 92.3 Å². The van der Waals surface area contributed by atoms with Gasteiger partial charge in [-0.3, -0.25) is 19.3 Å². The molecule has 1 N–H and O–H groups in total. The first kappa shape index (κ1) is 26.9. The van der Waals surface area contributed by atoms with E-state index in [0.717, 1.165) is 43.0 Å². The highest BCUT2D eigenvalue weighted by Gasteiger charge is 2.35. The minimum atomic E-state index is -0.266. The van der Waals surface area contributed by atoms with Crippen molar-refractivity contribution in [3.8, 4) is 0 Å². The monoisotopic (exact) mass is 533 g/mol. The Bertz CT molecular complexity index is 1240. The number of piperazine rings is 1. The number of hydrogen-bond donors (Lipinski definition) is 1. The number of benzene rings is 1. The average molecular weight is 534 g/mol. The first-order valence-electron chi connectivity index (χ1n) is 14.0. The molecule has 2 fully saturated rings. The van der Waals surface area contributed by atoms with Crippen LogP contribution in [0.5, 0.6) is 0 Å². The second-order valence-corrected chi connectivity index (χ2v) is 11.0. The lowest BCUT2D eigenvalue weighted by molar-refractivity contribution is -0.131. The molecule has 208 valence electrons. The Kier molecular flexibility index (Phi) is 7.74. The molecule has 0 aliphatic carbocycles. The van der Waals surface area contributed by atoms with Gasteiger partial charge in [0, 0.05) is 69.7 Å². The van der Waals surface area contributed by atoms with E-state index in [1.165, 1.54) is 0 Å². The summed E-state index contributed by atoms with van der Waals surface area (Å²) in [6, 6.07) is 9.31. The van der Waals surface area contributed by atoms with Gasteiger partial charge in [0.25, 0.3) is 5.91 Å². The first-order chi connectivity index (χ1) is 18.7. The Hall–Kier alpha value is -3.66. The molecule has 1 aromatic carbocycles. The van der Waals surface area contributed by atoms with Crippen LogP contribution in [0.25, 0.3) is 0 Å². The van der Waals surface area contributed by atoms with E-state index in [1.807, 2.05) is 47.1 Å². The summed E-state index contributed by atoms with van der Waals surface area (Å²) < 4.78 is 0. The van der Waals surface area contributed by atoms with Crippen LogP contribution in [-0.2, 0) is 9.59 Å². The van der Waals surface area contributed by atoms with Crippen LogP contribution in [0.4, 0.5) is 22.9 Å². The van der Waals surface area contributed by atoms with Crippen LogP contribution in [0.2, 0.25) is 0 Å². The summed E-state index contributed by atoms with van der Waals surface area (Å²) >= 11 is 0. The molecule has 0 spiro atoms. The molecule has 39 heavy (non-hydrogen) atoms. The average Bonchev–Trinajstić information content (AvgIpc) is 3.47. The minimum Gasteiger partial charge on any atom is -0.355 e. The highest BCUT2D eigenvalue weighted by molar-refractivity contribution is 6.05. The molecule has 10 heteroatoms. The van der Waals surface area contributed by atoms with Gasteiger partial charge in [0.15, 0.2) is 0 Å². The van der Waals surface area contributed by atoms with Crippen molar-refractivity contribution < 1.29 is 14.4 Å². The molecule has 0 bridgehead atoms. The van der Waals surface area contributed by atoms with Gasteiger partial charge in [-0.05, 0) is 51.8 Å². The SMILES string of the molecule is CC(C)N1c2cc(Nc3cccc(C(=O)N4CCN(CC(=O)N5CCCC5)CC4)c3)ncc2N(C)C(=O)C1C. The zero-order chi connectivity index (χ0) is 27.7. The van der Waals surface area contributed by atoms with Crippen LogP contribution < -0.4 is 15.1 Å². The number of fused-ring (bicyclic) bond motifs is 1.